The number of benzene rings is 1. The van der Waals surface area contributed by atoms with Crippen LogP contribution in [-0.2, 0) is 6.42 Å². The molecule has 0 aliphatic rings. The molecule has 0 amide bonds. The number of methoxy groups -OCH3 is 2. The minimum atomic E-state index is -0.561. The van der Waals surface area contributed by atoms with Crippen molar-refractivity contribution in [1.82, 2.24) is 5.32 Å². The Hall–Kier alpha value is -1.73. The summed E-state index contributed by atoms with van der Waals surface area (Å²) in [6, 6.07) is 8.03. The Morgan fingerprint density at radius 3 is 2.44 bits per heavy atom. The van der Waals surface area contributed by atoms with E-state index in [9.17, 15) is 5.26 Å². The average molecular weight is 248 g/mol. The van der Waals surface area contributed by atoms with Gasteiger partial charge in [0.25, 0.3) is 0 Å². The number of nitrogens with one attached hydrogen (secondary N) is 1. The van der Waals surface area contributed by atoms with Crippen LogP contribution in [-0.4, -0.2) is 26.3 Å². The maximum Gasteiger partial charge on any atom is 0.160 e. The predicted octanol–water partition coefficient (Wildman–Crippen LogP) is 2.14. The number of rotatable bonds is 6. The third-order valence-electron chi connectivity index (χ3n) is 2.82. The molecule has 0 aliphatic carbocycles. The maximum atomic E-state index is 9.24. The van der Waals surface area contributed by atoms with Crippen LogP contribution < -0.4 is 14.8 Å². The number of hydrogen-bond donors (Lipinski definition) is 1. The maximum absolute atomic E-state index is 9.24. The lowest BCUT2D eigenvalue weighted by Crippen LogP contribution is -2.42. The predicted molar refractivity (Wildman–Crippen MR) is 70.9 cm³/mol. The molecule has 4 heteroatoms. The monoisotopic (exact) mass is 248 g/mol. The highest BCUT2D eigenvalue weighted by atomic mass is 16.5. The molecule has 0 bridgehead atoms. The third-order valence-corrected chi connectivity index (χ3v) is 2.82. The van der Waals surface area contributed by atoms with E-state index in [1.54, 1.807) is 14.2 Å². The van der Waals surface area contributed by atoms with Crippen LogP contribution in [0, 0.1) is 11.3 Å². The number of hydrogen-bond acceptors (Lipinski definition) is 4. The van der Waals surface area contributed by atoms with Crippen molar-refractivity contribution in [2.24, 2.45) is 0 Å². The van der Waals surface area contributed by atoms with E-state index in [0.717, 1.165) is 12.1 Å². The molecule has 0 fully saturated rings. The highest BCUT2D eigenvalue weighted by Gasteiger charge is 2.23. The Labute approximate surface area is 109 Å². The SMILES string of the molecule is CCNC(C)(C#N)Cc1ccc(OC)c(OC)c1. The molecule has 0 aliphatic heterocycles. The van der Waals surface area contributed by atoms with Gasteiger partial charge in [0.1, 0.15) is 5.54 Å². The molecule has 98 valence electrons. The summed E-state index contributed by atoms with van der Waals surface area (Å²) < 4.78 is 10.4. The summed E-state index contributed by atoms with van der Waals surface area (Å²) in [6.07, 6.45) is 0.623. The zero-order valence-electron chi connectivity index (χ0n) is 11.4. The van der Waals surface area contributed by atoms with Gasteiger partial charge in [0.15, 0.2) is 11.5 Å². The Balaban J connectivity index is 2.95. The molecule has 0 saturated carbocycles. The van der Waals surface area contributed by atoms with Gasteiger partial charge in [-0.1, -0.05) is 13.0 Å². The highest BCUT2D eigenvalue weighted by Crippen LogP contribution is 2.28. The molecule has 18 heavy (non-hydrogen) atoms. The summed E-state index contributed by atoms with van der Waals surface area (Å²) >= 11 is 0. The molecular weight excluding hydrogens is 228 g/mol. The first-order valence-electron chi connectivity index (χ1n) is 5.95. The first-order valence-corrected chi connectivity index (χ1v) is 5.95. The largest absolute Gasteiger partial charge is 0.493 e. The zero-order valence-corrected chi connectivity index (χ0v) is 11.4. The van der Waals surface area contributed by atoms with E-state index >= 15 is 0 Å². The molecule has 1 rings (SSSR count). The standard InChI is InChI=1S/C14H20N2O2/c1-5-16-14(2,10-15)9-11-6-7-12(17-3)13(8-11)18-4/h6-8,16H,5,9H2,1-4H3. The molecule has 4 nitrogen and oxygen atoms in total. The van der Waals surface area contributed by atoms with E-state index in [1.165, 1.54) is 0 Å². The fourth-order valence-corrected chi connectivity index (χ4v) is 1.93. The van der Waals surface area contributed by atoms with Crippen LogP contribution >= 0.6 is 0 Å². The number of ether oxygens (including phenoxy) is 2. The number of nitrogens with zero attached hydrogens (tertiary/aromatic N) is 1. The third kappa shape index (κ3) is 3.38. The normalized spacial score (nSPS) is 13.5. The minimum Gasteiger partial charge on any atom is -0.493 e. The summed E-state index contributed by atoms with van der Waals surface area (Å²) in [5, 5.41) is 12.4. The smallest absolute Gasteiger partial charge is 0.160 e. The molecule has 1 atom stereocenters. The van der Waals surface area contributed by atoms with Crippen LogP contribution in [0.5, 0.6) is 11.5 Å². The lowest BCUT2D eigenvalue weighted by atomic mass is 9.94. The van der Waals surface area contributed by atoms with Gasteiger partial charge in [0.2, 0.25) is 0 Å². The van der Waals surface area contributed by atoms with Gasteiger partial charge in [-0.25, -0.2) is 0 Å². The summed E-state index contributed by atoms with van der Waals surface area (Å²) in [5.41, 5.74) is 0.478. The Morgan fingerprint density at radius 1 is 1.28 bits per heavy atom. The second-order valence-electron chi connectivity index (χ2n) is 4.34. The number of nitriles is 1. The van der Waals surface area contributed by atoms with Crippen LogP contribution in [0.15, 0.2) is 18.2 Å². The fourth-order valence-electron chi connectivity index (χ4n) is 1.93. The van der Waals surface area contributed by atoms with Gasteiger partial charge in [-0.05, 0) is 31.2 Å². The van der Waals surface area contributed by atoms with Crippen molar-refractivity contribution < 1.29 is 9.47 Å². The van der Waals surface area contributed by atoms with Crippen LogP contribution in [0.1, 0.15) is 19.4 Å². The molecule has 0 spiro atoms. The van der Waals surface area contributed by atoms with Gasteiger partial charge in [-0.15, -0.1) is 0 Å². The minimum absolute atomic E-state index is 0.561. The second kappa shape index (κ2) is 6.27. The molecule has 0 radical (unpaired) electrons. The van der Waals surface area contributed by atoms with Crippen LogP contribution in [0.25, 0.3) is 0 Å². The molecule has 1 N–H and O–H groups in total. The summed E-state index contributed by atoms with van der Waals surface area (Å²) in [6.45, 7) is 4.65. The van der Waals surface area contributed by atoms with Gasteiger partial charge in [0.05, 0.1) is 20.3 Å². The van der Waals surface area contributed by atoms with E-state index in [0.29, 0.717) is 17.9 Å². The second-order valence-corrected chi connectivity index (χ2v) is 4.34. The lowest BCUT2D eigenvalue weighted by Gasteiger charge is -2.23. The molecule has 1 unspecified atom stereocenters. The Kier molecular flexibility index (Phi) is 4.99. The van der Waals surface area contributed by atoms with E-state index in [2.05, 4.69) is 11.4 Å². The summed E-state index contributed by atoms with van der Waals surface area (Å²) in [4.78, 5) is 0. The van der Waals surface area contributed by atoms with Gasteiger partial charge < -0.3 is 9.47 Å². The van der Waals surface area contributed by atoms with Crippen molar-refractivity contribution in [1.29, 1.82) is 5.26 Å². The molecule has 0 aromatic heterocycles. The van der Waals surface area contributed by atoms with Crippen molar-refractivity contribution in [3.8, 4) is 17.6 Å². The van der Waals surface area contributed by atoms with Crippen molar-refractivity contribution in [3.63, 3.8) is 0 Å². The van der Waals surface area contributed by atoms with E-state index < -0.39 is 5.54 Å². The average Bonchev–Trinajstić information content (AvgIpc) is 2.38. The topological polar surface area (TPSA) is 54.3 Å². The van der Waals surface area contributed by atoms with Crippen molar-refractivity contribution in [2.75, 3.05) is 20.8 Å². The first-order chi connectivity index (χ1) is 8.58. The van der Waals surface area contributed by atoms with Crippen molar-refractivity contribution in [3.05, 3.63) is 23.8 Å². The highest BCUT2D eigenvalue weighted by molar-refractivity contribution is 5.43. The molecule has 1 aromatic carbocycles. The van der Waals surface area contributed by atoms with E-state index in [1.807, 2.05) is 32.0 Å². The van der Waals surface area contributed by atoms with Gasteiger partial charge in [0, 0.05) is 6.42 Å². The zero-order chi connectivity index (χ0) is 13.6. The number of likely N-dealkylation sites (N-methyl/N-ethyl adjacent to an activating group) is 1. The van der Waals surface area contributed by atoms with E-state index in [4.69, 9.17) is 9.47 Å². The quantitative estimate of drug-likeness (QED) is 0.838. The van der Waals surface area contributed by atoms with Gasteiger partial charge >= 0.3 is 0 Å². The van der Waals surface area contributed by atoms with E-state index in [-0.39, 0.29) is 0 Å². The Bertz CT molecular complexity index is 440. The molecule has 0 heterocycles. The van der Waals surface area contributed by atoms with Gasteiger partial charge in [-0.3, -0.25) is 5.32 Å². The van der Waals surface area contributed by atoms with Gasteiger partial charge in [-0.2, -0.15) is 5.26 Å². The van der Waals surface area contributed by atoms with Crippen LogP contribution in [0.3, 0.4) is 0 Å². The molecular formula is C14H20N2O2. The molecule has 0 saturated heterocycles. The fraction of sp³-hybridized carbons (Fsp3) is 0.500. The first kappa shape index (κ1) is 14.3. The summed E-state index contributed by atoms with van der Waals surface area (Å²) in [5.74, 6) is 1.38. The van der Waals surface area contributed by atoms with Crippen LogP contribution in [0.4, 0.5) is 0 Å². The summed E-state index contributed by atoms with van der Waals surface area (Å²) in [7, 11) is 3.21. The van der Waals surface area contributed by atoms with Crippen LogP contribution in [0.2, 0.25) is 0 Å². The lowest BCUT2D eigenvalue weighted by molar-refractivity contribution is 0.354. The Morgan fingerprint density at radius 2 is 1.94 bits per heavy atom. The molecule has 1 aromatic rings. The van der Waals surface area contributed by atoms with Crippen molar-refractivity contribution >= 4 is 0 Å². The van der Waals surface area contributed by atoms with Crippen molar-refractivity contribution in [2.45, 2.75) is 25.8 Å².